The van der Waals surface area contributed by atoms with Gasteiger partial charge in [-0.15, -0.1) is 11.3 Å². The number of nitrogens with zero attached hydrogens (tertiary/aromatic N) is 3. The molecule has 0 aliphatic carbocycles. The van der Waals surface area contributed by atoms with Crippen molar-refractivity contribution in [3.63, 3.8) is 0 Å². The molecule has 0 aromatic carbocycles. The van der Waals surface area contributed by atoms with Gasteiger partial charge in [0, 0.05) is 43.5 Å². The summed E-state index contributed by atoms with van der Waals surface area (Å²) in [6.07, 6.45) is 6.13. The van der Waals surface area contributed by atoms with Crippen LogP contribution in [-0.2, 0) is 17.8 Å². The second-order valence-corrected chi connectivity index (χ2v) is 6.41. The zero-order chi connectivity index (χ0) is 14.7. The van der Waals surface area contributed by atoms with E-state index >= 15 is 0 Å². The average molecular weight is 306 g/mol. The highest BCUT2D eigenvalue weighted by atomic mass is 32.1. The Bertz CT molecular complexity index is 580. The summed E-state index contributed by atoms with van der Waals surface area (Å²) in [5.74, 6) is 1.03. The molecule has 2 aromatic heterocycles. The van der Waals surface area contributed by atoms with Crippen LogP contribution in [0.15, 0.2) is 17.8 Å². The van der Waals surface area contributed by atoms with Crippen LogP contribution < -0.4 is 5.32 Å². The maximum atomic E-state index is 6.01. The molecule has 3 heterocycles. The molecule has 1 aliphatic rings. The van der Waals surface area contributed by atoms with Gasteiger partial charge in [0.05, 0.1) is 10.7 Å². The fourth-order valence-electron chi connectivity index (χ4n) is 2.81. The van der Waals surface area contributed by atoms with Crippen molar-refractivity contribution in [2.24, 2.45) is 0 Å². The zero-order valence-electron chi connectivity index (χ0n) is 12.6. The zero-order valence-corrected chi connectivity index (χ0v) is 13.4. The molecule has 1 aliphatic heterocycles. The summed E-state index contributed by atoms with van der Waals surface area (Å²) in [4.78, 5) is 9.02. The van der Waals surface area contributed by atoms with Gasteiger partial charge in [-0.2, -0.15) is 0 Å². The lowest BCUT2D eigenvalue weighted by Crippen LogP contribution is -2.40. The number of aryl methyl sites for hydroxylation is 2. The van der Waals surface area contributed by atoms with E-state index < -0.39 is 0 Å². The molecule has 0 bridgehead atoms. The maximum Gasteiger partial charge on any atom is 0.139 e. The Hall–Kier alpha value is -1.24. The molecule has 0 saturated carbocycles. The van der Waals surface area contributed by atoms with Gasteiger partial charge in [0.2, 0.25) is 0 Å². The molecule has 0 amide bonds. The molecular formula is C15H22N4OS. The third kappa shape index (κ3) is 3.33. The molecule has 6 heteroatoms. The summed E-state index contributed by atoms with van der Waals surface area (Å²) in [6.45, 7) is 6.71. The molecule has 2 aromatic rings. The Morgan fingerprint density at radius 3 is 3.19 bits per heavy atom. The number of imidazole rings is 1. The van der Waals surface area contributed by atoms with E-state index in [1.807, 2.05) is 19.3 Å². The Labute approximate surface area is 129 Å². The SMILES string of the molecule is CCn1ccnc1[C@H]1OCCC[C@@H]1NCc1csc(C)n1. The lowest BCUT2D eigenvalue weighted by Gasteiger charge is -2.32. The first-order chi connectivity index (χ1) is 10.3. The van der Waals surface area contributed by atoms with Crippen molar-refractivity contribution in [2.75, 3.05) is 6.61 Å². The number of aromatic nitrogens is 3. The number of hydrogen-bond donors (Lipinski definition) is 1. The van der Waals surface area contributed by atoms with Crippen molar-refractivity contribution in [1.29, 1.82) is 0 Å². The minimum Gasteiger partial charge on any atom is -0.369 e. The molecular weight excluding hydrogens is 284 g/mol. The quantitative estimate of drug-likeness (QED) is 0.923. The molecule has 3 rings (SSSR count). The van der Waals surface area contributed by atoms with Crippen LogP contribution in [0, 0.1) is 6.92 Å². The van der Waals surface area contributed by atoms with E-state index in [-0.39, 0.29) is 6.10 Å². The normalized spacial score (nSPS) is 22.6. The van der Waals surface area contributed by atoms with Gasteiger partial charge in [-0.05, 0) is 26.7 Å². The second-order valence-electron chi connectivity index (χ2n) is 5.35. The highest BCUT2D eigenvalue weighted by Gasteiger charge is 2.30. The van der Waals surface area contributed by atoms with Gasteiger partial charge in [0.15, 0.2) is 0 Å². The van der Waals surface area contributed by atoms with Crippen LogP contribution >= 0.6 is 11.3 Å². The monoisotopic (exact) mass is 306 g/mol. The van der Waals surface area contributed by atoms with Crippen LogP contribution in [0.4, 0.5) is 0 Å². The fourth-order valence-corrected chi connectivity index (χ4v) is 3.43. The van der Waals surface area contributed by atoms with Crippen molar-refractivity contribution >= 4 is 11.3 Å². The van der Waals surface area contributed by atoms with Gasteiger partial charge in [0.25, 0.3) is 0 Å². The van der Waals surface area contributed by atoms with Gasteiger partial charge in [-0.3, -0.25) is 0 Å². The van der Waals surface area contributed by atoms with Crippen LogP contribution in [-0.4, -0.2) is 27.2 Å². The summed E-state index contributed by atoms with van der Waals surface area (Å²) in [7, 11) is 0. The Morgan fingerprint density at radius 2 is 2.43 bits per heavy atom. The standard InChI is InChI=1S/C15H22N4OS/c1-3-19-7-6-16-15(19)14-13(5-4-8-20-14)17-9-12-10-21-11(2)18-12/h6-7,10,13-14,17H,3-5,8-9H2,1-2H3/t13-,14-/m0/s1. The number of ether oxygens (including phenoxy) is 1. The molecule has 0 unspecified atom stereocenters. The van der Waals surface area contributed by atoms with E-state index in [0.717, 1.165) is 49.1 Å². The van der Waals surface area contributed by atoms with Gasteiger partial charge in [0.1, 0.15) is 11.9 Å². The summed E-state index contributed by atoms with van der Waals surface area (Å²) < 4.78 is 8.17. The minimum atomic E-state index is 0.0356. The fraction of sp³-hybridized carbons (Fsp3) is 0.600. The largest absolute Gasteiger partial charge is 0.369 e. The predicted octanol–water partition coefficient (Wildman–Crippen LogP) is 2.68. The molecule has 2 atom stereocenters. The Balaban J connectivity index is 1.69. The summed E-state index contributed by atoms with van der Waals surface area (Å²) >= 11 is 1.70. The van der Waals surface area contributed by atoms with Gasteiger partial charge in [-0.25, -0.2) is 9.97 Å². The number of thiazole rings is 1. The van der Waals surface area contributed by atoms with Crippen LogP contribution in [0.3, 0.4) is 0 Å². The number of rotatable bonds is 5. The van der Waals surface area contributed by atoms with E-state index in [9.17, 15) is 0 Å². The molecule has 21 heavy (non-hydrogen) atoms. The topological polar surface area (TPSA) is 52.0 Å². The van der Waals surface area contributed by atoms with Crippen LogP contribution in [0.1, 0.15) is 42.4 Å². The first-order valence-corrected chi connectivity index (χ1v) is 8.43. The van der Waals surface area contributed by atoms with Crippen LogP contribution in [0.5, 0.6) is 0 Å². The Kier molecular flexibility index (Phi) is 4.67. The number of hydrogen-bond acceptors (Lipinski definition) is 5. The van der Waals surface area contributed by atoms with E-state index in [1.54, 1.807) is 11.3 Å². The van der Waals surface area contributed by atoms with Crippen LogP contribution in [0.2, 0.25) is 0 Å². The van der Waals surface area contributed by atoms with Crippen LogP contribution in [0.25, 0.3) is 0 Å². The third-order valence-corrected chi connectivity index (χ3v) is 4.70. The van der Waals surface area contributed by atoms with Crippen molar-refractivity contribution in [1.82, 2.24) is 19.9 Å². The Morgan fingerprint density at radius 1 is 1.52 bits per heavy atom. The summed E-state index contributed by atoms with van der Waals surface area (Å²) in [5.41, 5.74) is 1.11. The first-order valence-electron chi connectivity index (χ1n) is 7.55. The van der Waals surface area contributed by atoms with Crippen molar-refractivity contribution in [3.8, 4) is 0 Å². The average Bonchev–Trinajstić information content (AvgIpc) is 3.14. The van der Waals surface area contributed by atoms with E-state index in [2.05, 4.69) is 32.2 Å². The second kappa shape index (κ2) is 6.68. The lowest BCUT2D eigenvalue weighted by molar-refractivity contribution is -0.0182. The smallest absolute Gasteiger partial charge is 0.139 e. The molecule has 0 radical (unpaired) electrons. The molecule has 1 saturated heterocycles. The van der Waals surface area contributed by atoms with Crippen molar-refractivity contribution < 1.29 is 4.74 Å². The molecule has 1 N–H and O–H groups in total. The third-order valence-electron chi connectivity index (χ3n) is 3.88. The summed E-state index contributed by atoms with van der Waals surface area (Å²) in [5, 5.41) is 6.84. The molecule has 114 valence electrons. The summed E-state index contributed by atoms with van der Waals surface area (Å²) in [6, 6.07) is 0.299. The highest BCUT2D eigenvalue weighted by molar-refractivity contribution is 7.09. The lowest BCUT2D eigenvalue weighted by atomic mass is 10.0. The molecule has 0 spiro atoms. The van der Waals surface area contributed by atoms with E-state index in [1.165, 1.54) is 0 Å². The number of nitrogens with one attached hydrogen (secondary N) is 1. The predicted molar refractivity (Wildman–Crippen MR) is 83.3 cm³/mol. The van der Waals surface area contributed by atoms with Crippen molar-refractivity contribution in [2.45, 2.75) is 51.9 Å². The maximum absolute atomic E-state index is 6.01. The minimum absolute atomic E-state index is 0.0356. The van der Waals surface area contributed by atoms with E-state index in [0.29, 0.717) is 6.04 Å². The van der Waals surface area contributed by atoms with Gasteiger partial charge in [-0.1, -0.05) is 0 Å². The van der Waals surface area contributed by atoms with E-state index in [4.69, 9.17) is 4.74 Å². The molecule has 5 nitrogen and oxygen atoms in total. The molecule has 1 fully saturated rings. The van der Waals surface area contributed by atoms with Crippen molar-refractivity contribution in [3.05, 3.63) is 34.3 Å². The van der Waals surface area contributed by atoms with Gasteiger partial charge >= 0.3 is 0 Å². The highest BCUT2D eigenvalue weighted by Crippen LogP contribution is 2.27. The first kappa shape index (κ1) is 14.7. The van der Waals surface area contributed by atoms with Gasteiger partial charge < -0.3 is 14.6 Å².